The van der Waals surface area contributed by atoms with Gasteiger partial charge in [-0.15, -0.1) is 0 Å². The Hall–Kier alpha value is -0.860. The lowest BCUT2D eigenvalue weighted by Crippen LogP contribution is -2.50. The van der Waals surface area contributed by atoms with Crippen molar-refractivity contribution in [1.82, 2.24) is 10.6 Å². The highest BCUT2D eigenvalue weighted by molar-refractivity contribution is 5.30. The summed E-state index contributed by atoms with van der Waals surface area (Å²) in [6.07, 6.45) is 12.3. The summed E-state index contributed by atoms with van der Waals surface area (Å²) >= 11 is 0. The highest BCUT2D eigenvalue weighted by atomic mass is 15.0. The van der Waals surface area contributed by atoms with Gasteiger partial charge in [-0.1, -0.05) is 37.1 Å². The van der Waals surface area contributed by atoms with Crippen molar-refractivity contribution >= 4 is 0 Å². The lowest BCUT2D eigenvalue weighted by molar-refractivity contribution is 0.241. The summed E-state index contributed by atoms with van der Waals surface area (Å²) < 4.78 is 0. The maximum atomic E-state index is 4.07. The van der Waals surface area contributed by atoms with E-state index >= 15 is 0 Å². The van der Waals surface area contributed by atoms with E-state index in [1.165, 1.54) is 64.3 Å². The highest BCUT2D eigenvalue weighted by Crippen LogP contribution is 2.33. The quantitative estimate of drug-likeness (QED) is 0.893. The Morgan fingerprint density at radius 1 is 0.909 bits per heavy atom. The predicted molar refractivity (Wildman–Crippen MR) is 92.2 cm³/mol. The van der Waals surface area contributed by atoms with E-state index in [1.807, 2.05) is 0 Å². The number of nitrogens with one attached hydrogen (secondary N) is 2. The van der Waals surface area contributed by atoms with Crippen molar-refractivity contribution < 1.29 is 0 Å². The molecule has 2 nitrogen and oxygen atoms in total. The molecule has 0 radical (unpaired) electrons. The Morgan fingerprint density at radius 2 is 1.82 bits per heavy atom. The Balaban J connectivity index is 1.38. The second-order valence-electron chi connectivity index (χ2n) is 7.63. The second-order valence-corrected chi connectivity index (χ2v) is 7.63. The molecule has 1 heterocycles. The molecule has 1 aliphatic heterocycles. The molecule has 4 unspecified atom stereocenters. The van der Waals surface area contributed by atoms with Crippen LogP contribution in [0, 0.1) is 5.92 Å². The Bertz CT molecular complexity index is 492. The van der Waals surface area contributed by atoms with Crippen LogP contribution < -0.4 is 10.6 Å². The predicted octanol–water partition coefficient (Wildman–Crippen LogP) is 3.44. The van der Waals surface area contributed by atoms with Gasteiger partial charge in [-0.3, -0.25) is 0 Å². The Labute approximate surface area is 135 Å². The van der Waals surface area contributed by atoms with Gasteiger partial charge in [0.2, 0.25) is 0 Å². The molecule has 0 bridgehead atoms. The van der Waals surface area contributed by atoms with Crippen LogP contribution in [0.15, 0.2) is 24.3 Å². The molecule has 2 heteroatoms. The average Bonchev–Trinajstić information content (AvgIpc) is 3.04. The fourth-order valence-electron chi connectivity index (χ4n) is 5.06. The summed E-state index contributed by atoms with van der Waals surface area (Å²) in [6.45, 7) is 1.24. The standard InChI is InChI=1S/C20H30N2/c1-2-7-16-14-17(12-11-15(16)6-1)22-20-10-5-8-18(20)19-9-3-4-13-21-19/h1-2,6-7,17-22H,3-5,8-14H2. The van der Waals surface area contributed by atoms with E-state index in [4.69, 9.17) is 0 Å². The van der Waals surface area contributed by atoms with Crippen molar-refractivity contribution in [2.24, 2.45) is 5.92 Å². The van der Waals surface area contributed by atoms with Crippen LogP contribution in [0.1, 0.15) is 56.1 Å². The molecule has 3 aliphatic rings. The van der Waals surface area contributed by atoms with Gasteiger partial charge in [0.05, 0.1) is 0 Å². The molecule has 0 spiro atoms. The Kier molecular flexibility index (Phi) is 4.49. The van der Waals surface area contributed by atoms with Crippen molar-refractivity contribution in [3.05, 3.63) is 35.4 Å². The van der Waals surface area contributed by atoms with Crippen LogP contribution in [0.4, 0.5) is 0 Å². The maximum absolute atomic E-state index is 4.07. The van der Waals surface area contributed by atoms with Crippen LogP contribution in [-0.4, -0.2) is 24.7 Å². The van der Waals surface area contributed by atoms with Gasteiger partial charge in [0, 0.05) is 18.1 Å². The number of hydrogen-bond donors (Lipinski definition) is 2. The number of benzene rings is 1. The summed E-state index contributed by atoms with van der Waals surface area (Å²) in [5.74, 6) is 0.873. The van der Waals surface area contributed by atoms with Crippen LogP contribution in [-0.2, 0) is 12.8 Å². The first-order chi connectivity index (χ1) is 10.9. The summed E-state index contributed by atoms with van der Waals surface area (Å²) in [5, 5.41) is 7.87. The van der Waals surface area contributed by atoms with E-state index < -0.39 is 0 Å². The zero-order chi connectivity index (χ0) is 14.8. The molecule has 0 amide bonds. The third-order valence-corrected chi connectivity index (χ3v) is 6.23. The minimum atomic E-state index is 0.698. The molecule has 4 atom stereocenters. The molecule has 1 aromatic carbocycles. The van der Waals surface area contributed by atoms with Gasteiger partial charge >= 0.3 is 0 Å². The van der Waals surface area contributed by atoms with Crippen molar-refractivity contribution in [2.45, 2.75) is 75.9 Å². The van der Waals surface area contributed by atoms with Crippen molar-refractivity contribution in [3.8, 4) is 0 Å². The molecule has 22 heavy (non-hydrogen) atoms. The van der Waals surface area contributed by atoms with Crippen LogP contribution in [0.2, 0.25) is 0 Å². The first-order valence-electron chi connectivity index (χ1n) is 9.46. The number of fused-ring (bicyclic) bond motifs is 1. The average molecular weight is 298 g/mol. The molecule has 2 fully saturated rings. The topological polar surface area (TPSA) is 24.1 Å². The van der Waals surface area contributed by atoms with Gasteiger partial charge in [-0.05, 0) is 68.5 Å². The van der Waals surface area contributed by atoms with E-state index in [2.05, 4.69) is 34.9 Å². The van der Waals surface area contributed by atoms with E-state index in [1.54, 1.807) is 11.1 Å². The monoisotopic (exact) mass is 298 g/mol. The molecule has 4 rings (SSSR count). The van der Waals surface area contributed by atoms with E-state index in [9.17, 15) is 0 Å². The van der Waals surface area contributed by atoms with Crippen molar-refractivity contribution in [1.29, 1.82) is 0 Å². The number of hydrogen-bond acceptors (Lipinski definition) is 2. The van der Waals surface area contributed by atoms with Gasteiger partial charge in [0.15, 0.2) is 0 Å². The molecule has 1 saturated heterocycles. The number of aryl methyl sites for hydroxylation is 1. The molecule has 120 valence electrons. The summed E-state index contributed by atoms with van der Waals surface area (Å²) in [5.41, 5.74) is 3.16. The zero-order valence-electron chi connectivity index (χ0n) is 13.7. The van der Waals surface area contributed by atoms with Crippen LogP contribution in [0.3, 0.4) is 0 Å². The van der Waals surface area contributed by atoms with Gasteiger partial charge in [0.25, 0.3) is 0 Å². The molecular weight excluding hydrogens is 268 g/mol. The molecule has 2 aliphatic carbocycles. The minimum absolute atomic E-state index is 0.698. The second kappa shape index (κ2) is 6.72. The molecule has 2 N–H and O–H groups in total. The van der Waals surface area contributed by atoms with E-state index in [0.29, 0.717) is 6.04 Å². The SMILES string of the molecule is c1ccc2c(c1)CCC(NC1CCCC1C1CCCCN1)C2. The number of rotatable bonds is 3. The van der Waals surface area contributed by atoms with Gasteiger partial charge in [-0.2, -0.15) is 0 Å². The maximum Gasteiger partial charge on any atom is 0.0113 e. The lowest BCUT2D eigenvalue weighted by Gasteiger charge is -2.36. The molecule has 1 saturated carbocycles. The van der Waals surface area contributed by atoms with Gasteiger partial charge in [-0.25, -0.2) is 0 Å². The first-order valence-corrected chi connectivity index (χ1v) is 9.46. The normalized spacial score (nSPS) is 35.3. The van der Waals surface area contributed by atoms with E-state index in [-0.39, 0.29) is 0 Å². The fraction of sp³-hybridized carbons (Fsp3) is 0.700. The first kappa shape index (κ1) is 14.7. The van der Waals surface area contributed by atoms with Crippen LogP contribution in [0.5, 0.6) is 0 Å². The van der Waals surface area contributed by atoms with Crippen LogP contribution in [0.25, 0.3) is 0 Å². The fourth-order valence-corrected chi connectivity index (χ4v) is 5.06. The smallest absolute Gasteiger partial charge is 0.0113 e. The summed E-state index contributed by atoms with van der Waals surface area (Å²) in [6, 6.07) is 11.3. The van der Waals surface area contributed by atoms with Crippen molar-refractivity contribution in [2.75, 3.05) is 6.54 Å². The molecular formula is C20H30N2. The Morgan fingerprint density at radius 3 is 2.68 bits per heavy atom. The van der Waals surface area contributed by atoms with Crippen LogP contribution >= 0.6 is 0 Å². The van der Waals surface area contributed by atoms with E-state index in [0.717, 1.165) is 18.0 Å². The third-order valence-electron chi connectivity index (χ3n) is 6.23. The molecule has 0 aromatic heterocycles. The number of piperidine rings is 1. The molecule has 1 aromatic rings. The summed E-state index contributed by atoms with van der Waals surface area (Å²) in [4.78, 5) is 0. The minimum Gasteiger partial charge on any atom is -0.314 e. The lowest BCUT2D eigenvalue weighted by atomic mass is 9.85. The third kappa shape index (κ3) is 3.09. The highest BCUT2D eigenvalue weighted by Gasteiger charge is 2.35. The van der Waals surface area contributed by atoms with Gasteiger partial charge in [0.1, 0.15) is 0 Å². The summed E-state index contributed by atoms with van der Waals surface area (Å²) in [7, 11) is 0. The van der Waals surface area contributed by atoms with Crippen molar-refractivity contribution in [3.63, 3.8) is 0 Å². The van der Waals surface area contributed by atoms with Gasteiger partial charge < -0.3 is 10.6 Å². The largest absolute Gasteiger partial charge is 0.314 e. The zero-order valence-corrected chi connectivity index (χ0v) is 13.7.